The van der Waals surface area contributed by atoms with Crippen LogP contribution in [0.3, 0.4) is 0 Å². The van der Waals surface area contributed by atoms with Gasteiger partial charge in [-0.3, -0.25) is 4.79 Å². The Kier molecular flexibility index (Phi) is 4.68. The maximum absolute atomic E-state index is 12.9. The Balaban J connectivity index is 1.75. The molecule has 0 radical (unpaired) electrons. The summed E-state index contributed by atoms with van der Waals surface area (Å²) in [6, 6.07) is 11.0. The Morgan fingerprint density at radius 1 is 1.26 bits per heavy atom. The van der Waals surface area contributed by atoms with Gasteiger partial charge in [-0.1, -0.05) is 4.85 Å². The number of rotatable bonds is 4. The van der Waals surface area contributed by atoms with Crippen LogP contribution in [0.25, 0.3) is 11.0 Å². The van der Waals surface area contributed by atoms with E-state index in [4.69, 9.17) is 10.1 Å². The van der Waals surface area contributed by atoms with Gasteiger partial charge in [0.2, 0.25) is 6.10 Å². The van der Waals surface area contributed by atoms with Crippen molar-refractivity contribution < 1.29 is 22.8 Å². The van der Waals surface area contributed by atoms with Crippen LogP contribution in [0.5, 0.6) is 0 Å². The third kappa shape index (κ3) is 3.98. The Bertz CT molecular complexity index is 1020. The number of nitrogens with zero attached hydrogens (tertiary/aromatic N) is 4. The van der Waals surface area contributed by atoms with Crippen molar-refractivity contribution >= 4 is 22.6 Å². The summed E-state index contributed by atoms with van der Waals surface area (Å²) in [5.74, 6) is -0.546. The van der Waals surface area contributed by atoms with Crippen LogP contribution in [0.15, 0.2) is 42.5 Å². The minimum atomic E-state index is -4.53. The Morgan fingerprint density at radius 3 is 2.59 bits per heavy atom. The van der Waals surface area contributed by atoms with Crippen molar-refractivity contribution in [3.8, 4) is 6.07 Å². The van der Waals surface area contributed by atoms with Crippen LogP contribution in [0.1, 0.15) is 18.1 Å². The van der Waals surface area contributed by atoms with Gasteiger partial charge >= 0.3 is 6.18 Å². The first kappa shape index (κ1) is 18.2. The molecule has 0 bridgehead atoms. The molecule has 0 fully saturated rings. The number of aromatic nitrogens is 3. The van der Waals surface area contributed by atoms with Crippen LogP contribution in [0.2, 0.25) is 0 Å². The molecular weight excluding hydrogens is 363 g/mol. The highest BCUT2D eigenvalue weighted by Crippen LogP contribution is 2.30. The number of nitrogens with one attached hydrogen (secondary N) is 1. The monoisotopic (exact) mass is 375 g/mol. The van der Waals surface area contributed by atoms with Gasteiger partial charge < -0.3 is 10.2 Å². The van der Waals surface area contributed by atoms with Crippen molar-refractivity contribution in [2.75, 3.05) is 5.32 Å². The molecule has 1 atom stereocenters. The summed E-state index contributed by atoms with van der Waals surface area (Å²) in [5.41, 5.74) is 0.187. The van der Waals surface area contributed by atoms with Crippen molar-refractivity contribution in [3.05, 3.63) is 53.6 Å². The van der Waals surface area contributed by atoms with Crippen molar-refractivity contribution in [1.82, 2.24) is 15.2 Å². The number of nitriles is 1. The largest absolute Gasteiger partial charge is 0.416 e. The molecule has 1 N–H and O–H groups in total. The highest BCUT2D eigenvalue weighted by atomic mass is 19.4. The molecule has 2 aromatic carbocycles. The highest BCUT2D eigenvalue weighted by molar-refractivity contribution is 5.94. The zero-order valence-electron chi connectivity index (χ0n) is 13.9. The lowest BCUT2D eigenvalue weighted by Gasteiger charge is -2.14. The lowest BCUT2D eigenvalue weighted by atomic mass is 10.2. The molecule has 0 unspecified atom stereocenters. The second-order valence-electron chi connectivity index (χ2n) is 5.59. The topological polar surface area (TPSA) is 92.8 Å². The Hall–Kier alpha value is -3.61. The summed E-state index contributed by atoms with van der Waals surface area (Å²) < 4.78 is 38.6. The molecule has 3 aromatic rings. The van der Waals surface area contributed by atoms with E-state index in [1.54, 1.807) is 12.1 Å². The number of benzene rings is 2. The van der Waals surface area contributed by atoms with Crippen molar-refractivity contribution in [2.45, 2.75) is 19.2 Å². The van der Waals surface area contributed by atoms with Gasteiger partial charge in [-0.15, -0.1) is 5.10 Å². The number of hydrogen-bond donors (Lipinski definition) is 1. The Morgan fingerprint density at radius 2 is 1.96 bits per heavy atom. The summed E-state index contributed by atoms with van der Waals surface area (Å²) in [6.07, 6.45) is -5.60. The van der Waals surface area contributed by atoms with Crippen molar-refractivity contribution in [3.63, 3.8) is 0 Å². The normalized spacial score (nSPS) is 12.4. The Labute approximate surface area is 150 Å². The van der Waals surface area contributed by atoms with Crippen LogP contribution in [-0.4, -0.2) is 27.2 Å². The number of halogens is 3. The van der Waals surface area contributed by atoms with Crippen LogP contribution < -0.4 is 10.2 Å². The SMILES string of the molecule is C[C@@H](On1nnc2ccc(C(F)(F)F)cc21)C(=O)Nc1ccc(C#N)cc1. The lowest BCUT2D eigenvalue weighted by molar-refractivity contribution is -0.137. The standard InChI is InChI=1S/C17H12F3N5O2/c1-10(16(26)22-13-5-2-11(9-21)3-6-13)27-25-15-8-12(17(18,19)20)4-7-14(15)23-24-25/h2-8,10H,1H3,(H,22,26)/t10-/m1/s1. The quantitative estimate of drug-likeness (QED) is 0.757. The van der Waals surface area contributed by atoms with Gasteiger partial charge in [0.05, 0.1) is 17.2 Å². The van der Waals surface area contributed by atoms with Crippen molar-refractivity contribution in [2.24, 2.45) is 0 Å². The fourth-order valence-electron chi connectivity index (χ4n) is 2.22. The molecule has 7 nitrogen and oxygen atoms in total. The fourth-order valence-corrected chi connectivity index (χ4v) is 2.22. The molecule has 138 valence electrons. The lowest BCUT2D eigenvalue weighted by Crippen LogP contribution is -2.35. The van der Waals surface area contributed by atoms with Crippen molar-refractivity contribution in [1.29, 1.82) is 5.26 Å². The van der Waals surface area contributed by atoms with E-state index >= 15 is 0 Å². The average molecular weight is 375 g/mol. The molecule has 0 aliphatic rings. The average Bonchev–Trinajstić information content (AvgIpc) is 3.03. The first-order valence-corrected chi connectivity index (χ1v) is 7.69. The maximum Gasteiger partial charge on any atom is 0.416 e. The number of carbonyl (C=O) groups excluding carboxylic acids is 1. The third-order valence-electron chi connectivity index (χ3n) is 3.65. The third-order valence-corrected chi connectivity index (χ3v) is 3.65. The predicted octanol–water partition coefficient (Wildman–Crippen LogP) is 2.78. The van der Waals surface area contributed by atoms with E-state index in [1.165, 1.54) is 25.1 Å². The van der Waals surface area contributed by atoms with Crippen LogP contribution in [0, 0.1) is 11.3 Å². The van der Waals surface area contributed by atoms with Gasteiger partial charge in [0.15, 0.2) is 0 Å². The van der Waals surface area contributed by atoms with E-state index in [0.29, 0.717) is 11.3 Å². The molecule has 27 heavy (non-hydrogen) atoms. The number of amides is 1. The molecular formula is C17H12F3N5O2. The second-order valence-corrected chi connectivity index (χ2v) is 5.59. The summed E-state index contributed by atoms with van der Waals surface area (Å²) in [7, 11) is 0. The maximum atomic E-state index is 12.9. The van der Waals surface area contributed by atoms with Gasteiger partial charge in [-0.05, 0) is 54.6 Å². The summed E-state index contributed by atoms with van der Waals surface area (Å²) in [6.45, 7) is 1.42. The molecule has 10 heteroatoms. The molecule has 1 aromatic heterocycles. The highest BCUT2D eigenvalue weighted by Gasteiger charge is 2.31. The van der Waals surface area contributed by atoms with E-state index in [1.807, 2.05) is 6.07 Å². The first-order chi connectivity index (χ1) is 12.8. The van der Waals surface area contributed by atoms with E-state index in [-0.39, 0.29) is 11.0 Å². The van der Waals surface area contributed by atoms with Gasteiger partial charge in [-0.2, -0.15) is 18.4 Å². The van der Waals surface area contributed by atoms with Crippen LogP contribution >= 0.6 is 0 Å². The summed E-state index contributed by atoms with van der Waals surface area (Å²) in [4.78, 5) is 18.3. The number of anilines is 1. The van der Waals surface area contributed by atoms with Crippen LogP contribution in [0.4, 0.5) is 18.9 Å². The molecule has 1 amide bonds. The molecule has 0 aliphatic heterocycles. The van der Waals surface area contributed by atoms with Gasteiger partial charge in [0.1, 0.15) is 11.0 Å². The zero-order valence-corrected chi connectivity index (χ0v) is 13.9. The fraction of sp³-hybridized carbons (Fsp3) is 0.176. The van der Waals surface area contributed by atoms with Gasteiger partial charge in [0.25, 0.3) is 5.91 Å². The van der Waals surface area contributed by atoms with E-state index in [9.17, 15) is 18.0 Å². The summed E-state index contributed by atoms with van der Waals surface area (Å²) >= 11 is 0. The smallest absolute Gasteiger partial charge is 0.382 e. The first-order valence-electron chi connectivity index (χ1n) is 7.69. The van der Waals surface area contributed by atoms with Gasteiger partial charge in [-0.25, -0.2) is 0 Å². The van der Waals surface area contributed by atoms with Gasteiger partial charge in [0, 0.05) is 5.69 Å². The molecule has 0 aliphatic carbocycles. The number of carbonyl (C=O) groups is 1. The zero-order chi connectivity index (χ0) is 19.6. The molecule has 0 saturated carbocycles. The van der Waals surface area contributed by atoms with E-state index < -0.39 is 23.8 Å². The molecule has 3 rings (SSSR count). The van der Waals surface area contributed by atoms with Crippen LogP contribution in [-0.2, 0) is 11.0 Å². The number of alkyl halides is 3. The minimum Gasteiger partial charge on any atom is -0.382 e. The minimum absolute atomic E-state index is 0.0113. The number of hydrogen-bond acceptors (Lipinski definition) is 5. The number of fused-ring (bicyclic) bond motifs is 1. The second kappa shape index (κ2) is 6.95. The molecule has 1 heterocycles. The van der Waals surface area contributed by atoms with E-state index in [0.717, 1.165) is 17.0 Å². The summed E-state index contributed by atoms with van der Waals surface area (Å²) in [5, 5.41) is 18.7. The van der Waals surface area contributed by atoms with E-state index in [2.05, 4.69) is 15.6 Å². The predicted molar refractivity (Wildman–Crippen MR) is 88.4 cm³/mol. The molecule has 0 spiro atoms. The molecule has 0 saturated heterocycles.